The third kappa shape index (κ3) is 2.94. The van der Waals surface area contributed by atoms with E-state index in [-0.39, 0.29) is 0 Å². The van der Waals surface area contributed by atoms with Gasteiger partial charge in [0, 0.05) is 25.2 Å². The molecule has 3 unspecified atom stereocenters. The summed E-state index contributed by atoms with van der Waals surface area (Å²) in [5.74, 6) is 0.960. The van der Waals surface area contributed by atoms with Crippen molar-refractivity contribution in [2.45, 2.75) is 58.0 Å². The molecule has 1 N–H and O–H groups in total. The molecule has 2 aliphatic rings. The second-order valence-electron chi connectivity index (χ2n) is 5.46. The van der Waals surface area contributed by atoms with Crippen LogP contribution in [0.3, 0.4) is 0 Å². The van der Waals surface area contributed by atoms with Crippen molar-refractivity contribution in [1.82, 2.24) is 10.2 Å². The number of hydrogen-bond donors (Lipinski definition) is 1. The first kappa shape index (κ1) is 11.4. The number of likely N-dealkylation sites (tertiary alicyclic amines) is 1. The molecule has 1 heterocycles. The van der Waals surface area contributed by atoms with Crippen LogP contribution >= 0.6 is 0 Å². The van der Waals surface area contributed by atoms with E-state index < -0.39 is 0 Å². The fourth-order valence-corrected chi connectivity index (χ4v) is 3.31. The Balaban J connectivity index is 1.79. The maximum absolute atomic E-state index is 3.58. The maximum Gasteiger partial charge on any atom is 0.0207 e. The normalized spacial score (nSPS) is 38.4. The van der Waals surface area contributed by atoms with Crippen LogP contribution in [-0.2, 0) is 0 Å². The molecule has 1 saturated heterocycles. The first-order chi connectivity index (χ1) is 7.29. The molecule has 0 aromatic carbocycles. The molecule has 88 valence electrons. The smallest absolute Gasteiger partial charge is 0.0207 e. The minimum absolute atomic E-state index is 0.771. The second kappa shape index (κ2) is 5.31. The molecule has 2 rings (SSSR count). The summed E-state index contributed by atoms with van der Waals surface area (Å²) in [7, 11) is 0. The Morgan fingerprint density at radius 1 is 1.27 bits per heavy atom. The summed E-state index contributed by atoms with van der Waals surface area (Å²) in [5, 5.41) is 3.58. The summed E-state index contributed by atoms with van der Waals surface area (Å²) in [4.78, 5) is 2.74. The van der Waals surface area contributed by atoms with Crippen molar-refractivity contribution < 1.29 is 0 Å². The zero-order valence-corrected chi connectivity index (χ0v) is 10.3. The average molecular weight is 210 g/mol. The van der Waals surface area contributed by atoms with Gasteiger partial charge in [0.1, 0.15) is 0 Å². The van der Waals surface area contributed by atoms with Gasteiger partial charge in [0.25, 0.3) is 0 Å². The molecular weight excluding hydrogens is 184 g/mol. The number of likely N-dealkylation sites (N-methyl/N-ethyl adjacent to an activating group) is 1. The molecule has 1 aliphatic heterocycles. The third-order valence-electron chi connectivity index (χ3n) is 4.14. The Morgan fingerprint density at radius 3 is 2.87 bits per heavy atom. The van der Waals surface area contributed by atoms with E-state index in [2.05, 4.69) is 24.1 Å². The Bertz CT molecular complexity index is 193. The van der Waals surface area contributed by atoms with Gasteiger partial charge in [-0.25, -0.2) is 0 Å². The highest BCUT2D eigenvalue weighted by molar-refractivity contribution is 4.87. The Labute approximate surface area is 94.4 Å². The van der Waals surface area contributed by atoms with Crippen LogP contribution < -0.4 is 5.32 Å². The molecule has 1 saturated carbocycles. The van der Waals surface area contributed by atoms with Gasteiger partial charge in [-0.1, -0.05) is 26.7 Å². The van der Waals surface area contributed by atoms with Gasteiger partial charge in [-0.3, -0.25) is 4.90 Å². The Hall–Kier alpha value is -0.0800. The molecule has 2 fully saturated rings. The molecular formula is C13H26N2. The molecule has 0 aromatic rings. The van der Waals surface area contributed by atoms with Crippen molar-refractivity contribution in [2.75, 3.05) is 19.6 Å². The highest BCUT2D eigenvalue weighted by atomic mass is 15.2. The number of hydrogen-bond acceptors (Lipinski definition) is 2. The van der Waals surface area contributed by atoms with Crippen LogP contribution in [0, 0.1) is 5.92 Å². The molecule has 3 atom stereocenters. The van der Waals surface area contributed by atoms with Crippen molar-refractivity contribution in [3.8, 4) is 0 Å². The molecule has 2 heteroatoms. The van der Waals surface area contributed by atoms with E-state index >= 15 is 0 Å². The van der Waals surface area contributed by atoms with E-state index in [1.54, 1.807) is 0 Å². The van der Waals surface area contributed by atoms with Crippen molar-refractivity contribution in [3.05, 3.63) is 0 Å². The monoisotopic (exact) mass is 210 g/mol. The number of rotatable bonds is 3. The summed E-state index contributed by atoms with van der Waals surface area (Å²) in [5.41, 5.74) is 0. The van der Waals surface area contributed by atoms with Crippen LogP contribution in [0.1, 0.15) is 46.0 Å². The van der Waals surface area contributed by atoms with E-state index in [9.17, 15) is 0 Å². The molecule has 0 aromatic heterocycles. The summed E-state index contributed by atoms with van der Waals surface area (Å²) in [6, 6.07) is 1.67. The number of nitrogens with one attached hydrogen (secondary N) is 1. The lowest BCUT2D eigenvalue weighted by atomic mass is 9.86. The van der Waals surface area contributed by atoms with E-state index in [4.69, 9.17) is 0 Å². The third-order valence-corrected chi connectivity index (χ3v) is 4.14. The van der Waals surface area contributed by atoms with Gasteiger partial charge in [-0.05, 0) is 31.7 Å². The van der Waals surface area contributed by atoms with E-state index in [1.807, 2.05) is 0 Å². The Morgan fingerprint density at radius 2 is 2.13 bits per heavy atom. The molecule has 0 radical (unpaired) electrons. The predicted molar refractivity (Wildman–Crippen MR) is 65.1 cm³/mol. The van der Waals surface area contributed by atoms with Gasteiger partial charge in [-0.15, -0.1) is 0 Å². The van der Waals surface area contributed by atoms with Crippen molar-refractivity contribution in [3.63, 3.8) is 0 Å². The molecule has 0 amide bonds. The van der Waals surface area contributed by atoms with Gasteiger partial charge >= 0.3 is 0 Å². The Kier molecular flexibility index (Phi) is 4.04. The average Bonchev–Trinajstić information content (AvgIpc) is 2.67. The molecule has 1 aliphatic carbocycles. The molecule has 2 nitrogen and oxygen atoms in total. The lowest BCUT2D eigenvalue weighted by Crippen LogP contribution is -2.39. The summed E-state index contributed by atoms with van der Waals surface area (Å²) < 4.78 is 0. The van der Waals surface area contributed by atoms with Crippen molar-refractivity contribution in [2.24, 2.45) is 5.92 Å². The van der Waals surface area contributed by atoms with E-state index in [1.165, 1.54) is 45.2 Å². The van der Waals surface area contributed by atoms with Crippen LogP contribution in [0.5, 0.6) is 0 Å². The first-order valence-corrected chi connectivity index (χ1v) is 6.77. The lowest BCUT2D eigenvalue weighted by Gasteiger charge is -2.34. The fraction of sp³-hybridized carbons (Fsp3) is 1.00. The first-order valence-electron chi connectivity index (χ1n) is 6.77. The predicted octanol–water partition coefficient (Wildman–Crippen LogP) is 2.25. The van der Waals surface area contributed by atoms with Gasteiger partial charge in [-0.2, -0.15) is 0 Å². The van der Waals surface area contributed by atoms with Gasteiger partial charge in [0.05, 0.1) is 0 Å². The topological polar surface area (TPSA) is 15.3 Å². The van der Waals surface area contributed by atoms with Gasteiger partial charge < -0.3 is 5.32 Å². The molecule has 0 bridgehead atoms. The minimum atomic E-state index is 0.771. The van der Waals surface area contributed by atoms with Crippen LogP contribution in [0.25, 0.3) is 0 Å². The fourth-order valence-electron chi connectivity index (χ4n) is 3.31. The second-order valence-corrected chi connectivity index (χ2v) is 5.46. The van der Waals surface area contributed by atoms with Crippen molar-refractivity contribution in [1.29, 1.82) is 0 Å². The summed E-state index contributed by atoms with van der Waals surface area (Å²) in [6.45, 7) is 8.38. The quantitative estimate of drug-likeness (QED) is 0.768. The van der Waals surface area contributed by atoms with Crippen LogP contribution in [-0.4, -0.2) is 36.6 Å². The molecule has 15 heavy (non-hydrogen) atoms. The van der Waals surface area contributed by atoms with E-state index in [0.717, 1.165) is 24.5 Å². The largest absolute Gasteiger partial charge is 0.313 e. The highest BCUT2D eigenvalue weighted by Crippen LogP contribution is 2.29. The van der Waals surface area contributed by atoms with Crippen LogP contribution in [0.15, 0.2) is 0 Å². The van der Waals surface area contributed by atoms with Gasteiger partial charge in [0.2, 0.25) is 0 Å². The maximum atomic E-state index is 3.58. The standard InChI is InChI=1S/C13H26N2/c1-3-14-12-7-8-15(10-12)13-6-4-5-11(2)9-13/h11-14H,3-10H2,1-2H3. The zero-order valence-electron chi connectivity index (χ0n) is 10.3. The highest BCUT2D eigenvalue weighted by Gasteiger charge is 2.30. The molecule has 0 spiro atoms. The van der Waals surface area contributed by atoms with Crippen molar-refractivity contribution >= 4 is 0 Å². The zero-order chi connectivity index (χ0) is 10.7. The minimum Gasteiger partial charge on any atom is -0.313 e. The van der Waals surface area contributed by atoms with Crippen LogP contribution in [0.4, 0.5) is 0 Å². The lowest BCUT2D eigenvalue weighted by molar-refractivity contribution is 0.160. The van der Waals surface area contributed by atoms with Gasteiger partial charge in [0.15, 0.2) is 0 Å². The number of nitrogens with zero attached hydrogens (tertiary/aromatic N) is 1. The van der Waals surface area contributed by atoms with Crippen LogP contribution in [0.2, 0.25) is 0 Å². The van der Waals surface area contributed by atoms with E-state index in [0.29, 0.717) is 0 Å². The summed E-state index contributed by atoms with van der Waals surface area (Å²) in [6.07, 6.45) is 7.16. The SMILES string of the molecule is CCNC1CCN(C2CCCC(C)C2)C1. The summed E-state index contributed by atoms with van der Waals surface area (Å²) >= 11 is 0.